The Hall–Kier alpha value is -1.22. The van der Waals surface area contributed by atoms with Gasteiger partial charge < -0.3 is 14.6 Å². The second-order valence-corrected chi connectivity index (χ2v) is 4.22. The largest absolute Gasteiger partial charge is 0.508 e. The van der Waals surface area contributed by atoms with Crippen LogP contribution in [-0.2, 0) is 4.74 Å². The molecule has 1 fully saturated rings. The summed E-state index contributed by atoms with van der Waals surface area (Å²) in [5.41, 5.74) is 0. The Labute approximate surface area is 96.0 Å². The third-order valence-electron chi connectivity index (χ3n) is 2.89. The number of rotatable bonds is 6. The fourth-order valence-corrected chi connectivity index (χ4v) is 1.70. The lowest BCUT2D eigenvalue weighted by molar-refractivity contribution is 0.0515. The van der Waals surface area contributed by atoms with Gasteiger partial charge in [0.1, 0.15) is 18.1 Å². The van der Waals surface area contributed by atoms with E-state index in [1.165, 1.54) is 19.3 Å². The highest BCUT2D eigenvalue weighted by Crippen LogP contribution is 2.26. The lowest BCUT2D eigenvalue weighted by atomic mass is 9.86. The van der Waals surface area contributed by atoms with Crippen LogP contribution in [0.5, 0.6) is 11.5 Å². The van der Waals surface area contributed by atoms with E-state index in [1.54, 1.807) is 18.2 Å². The van der Waals surface area contributed by atoms with Gasteiger partial charge in [0.2, 0.25) is 0 Å². The van der Waals surface area contributed by atoms with Crippen LogP contribution in [-0.4, -0.2) is 24.9 Å². The minimum atomic E-state index is 0.230. The van der Waals surface area contributed by atoms with Crippen molar-refractivity contribution >= 4 is 0 Å². The molecular weight excluding hydrogens is 204 g/mol. The highest BCUT2D eigenvalue weighted by molar-refractivity contribution is 5.31. The van der Waals surface area contributed by atoms with Gasteiger partial charge >= 0.3 is 0 Å². The molecule has 16 heavy (non-hydrogen) atoms. The normalized spacial score (nSPS) is 15.8. The van der Waals surface area contributed by atoms with E-state index in [-0.39, 0.29) is 5.75 Å². The lowest BCUT2D eigenvalue weighted by Gasteiger charge is -2.24. The Balaban J connectivity index is 1.56. The molecule has 0 spiro atoms. The van der Waals surface area contributed by atoms with Crippen LogP contribution in [0.15, 0.2) is 24.3 Å². The molecule has 1 N–H and O–H groups in total. The summed E-state index contributed by atoms with van der Waals surface area (Å²) in [6.45, 7) is 2.02. The molecule has 1 aliphatic carbocycles. The summed E-state index contributed by atoms with van der Waals surface area (Å²) in [6, 6.07) is 6.82. The van der Waals surface area contributed by atoms with E-state index in [0.717, 1.165) is 12.5 Å². The Kier molecular flexibility index (Phi) is 4.05. The van der Waals surface area contributed by atoms with Crippen molar-refractivity contribution in [1.82, 2.24) is 0 Å². The van der Waals surface area contributed by atoms with Crippen LogP contribution in [0.1, 0.15) is 19.3 Å². The molecule has 2 rings (SSSR count). The number of hydrogen-bond donors (Lipinski definition) is 1. The molecule has 3 nitrogen and oxygen atoms in total. The van der Waals surface area contributed by atoms with Crippen LogP contribution in [0.3, 0.4) is 0 Å². The molecule has 0 amide bonds. The summed E-state index contributed by atoms with van der Waals surface area (Å²) >= 11 is 0. The molecule has 1 aliphatic rings. The molecule has 0 unspecified atom stereocenters. The molecule has 0 aromatic heterocycles. The maximum atomic E-state index is 9.22. The topological polar surface area (TPSA) is 38.7 Å². The zero-order valence-corrected chi connectivity index (χ0v) is 9.39. The molecular formula is C13H18O3. The second kappa shape index (κ2) is 5.75. The lowest BCUT2D eigenvalue weighted by Crippen LogP contribution is -2.19. The first-order valence-electron chi connectivity index (χ1n) is 5.84. The van der Waals surface area contributed by atoms with Gasteiger partial charge in [-0.3, -0.25) is 0 Å². The zero-order chi connectivity index (χ0) is 11.2. The highest BCUT2D eigenvalue weighted by Gasteiger charge is 2.16. The van der Waals surface area contributed by atoms with Gasteiger partial charge in [-0.1, -0.05) is 12.5 Å². The Morgan fingerprint density at radius 2 is 2.12 bits per heavy atom. The van der Waals surface area contributed by atoms with Crippen LogP contribution in [0, 0.1) is 5.92 Å². The van der Waals surface area contributed by atoms with Gasteiger partial charge in [-0.15, -0.1) is 0 Å². The first-order chi connectivity index (χ1) is 7.84. The van der Waals surface area contributed by atoms with Crippen molar-refractivity contribution < 1.29 is 14.6 Å². The molecule has 1 saturated carbocycles. The minimum Gasteiger partial charge on any atom is -0.508 e. The smallest absolute Gasteiger partial charge is 0.123 e. The van der Waals surface area contributed by atoms with Gasteiger partial charge in [0.05, 0.1) is 6.61 Å². The predicted molar refractivity (Wildman–Crippen MR) is 61.8 cm³/mol. The fraction of sp³-hybridized carbons (Fsp3) is 0.538. The predicted octanol–water partition coefficient (Wildman–Crippen LogP) is 2.59. The van der Waals surface area contributed by atoms with E-state index in [1.807, 2.05) is 6.07 Å². The van der Waals surface area contributed by atoms with Gasteiger partial charge in [-0.25, -0.2) is 0 Å². The molecule has 0 bridgehead atoms. The van der Waals surface area contributed by atoms with Crippen molar-refractivity contribution in [2.24, 2.45) is 5.92 Å². The number of phenolic OH excluding ortho intramolecular Hbond substituents is 1. The number of ether oxygens (including phenoxy) is 2. The van der Waals surface area contributed by atoms with Gasteiger partial charge in [-0.05, 0) is 30.9 Å². The highest BCUT2D eigenvalue weighted by atomic mass is 16.5. The SMILES string of the molecule is Oc1cccc(OCCOCC2CCC2)c1. The molecule has 3 heteroatoms. The summed E-state index contributed by atoms with van der Waals surface area (Å²) in [4.78, 5) is 0. The summed E-state index contributed by atoms with van der Waals surface area (Å²) in [6.07, 6.45) is 3.98. The second-order valence-electron chi connectivity index (χ2n) is 4.22. The third-order valence-corrected chi connectivity index (χ3v) is 2.89. The molecule has 0 heterocycles. The van der Waals surface area contributed by atoms with E-state index >= 15 is 0 Å². The van der Waals surface area contributed by atoms with Crippen molar-refractivity contribution in [3.63, 3.8) is 0 Å². The van der Waals surface area contributed by atoms with Gasteiger partial charge in [-0.2, -0.15) is 0 Å². The van der Waals surface area contributed by atoms with Crippen molar-refractivity contribution in [2.75, 3.05) is 19.8 Å². The summed E-state index contributed by atoms with van der Waals surface area (Å²) < 4.78 is 10.9. The zero-order valence-electron chi connectivity index (χ0n) is 9.39. The van der Waals surface area contributed by atoms with E-state index in [2.05, 4.69) is 0 Å². The quantitative estimate of drug-likeness (QED) is 0.752. The number of phenols is 1. The van der Waals surface area contributed by atoms with Crippen molar-refractivity contribution in [3.05, 3.63) is 24.3 Å². The molecule has 1 aromatic rings. The first kappa shape index (κ1) is 11.3. The third kappa shape index (κ3) is 3.42. The van der Waals surface area contributed by atoms with Crippen LogP contribution in [0.4, 0.5) is 0 Å². The van der Waals surface area contributed by atoms with Crippen molar-refractivity contribution in [2.45, 2.75) is 19.3 Å². The van der Waals surface area contributed by atoms with E-state index in [9.17, 15) is 5.11 Å². The van der Waals surface area contributed by atoms with Crippen LogP contribution in [0.25, 0.3) is 0 Å². The number of hydrogen-bond acceptors (Lipinski definition) is 3. The molecule has 0 aliphatic heterocycles. The minimum absolute atomic E-state index is 0.230. The fourth-order valence-electron chi connectivity index (χ4n) is 1.70. The van der Waals surface area contributed by atoms with Gasteiger partial charge in [0.25, 0.3) is 0 Å². The van der Waals surface area contributed by atoms with Crippen LogP contribution >= 0.6 is 0 Å². The standard InChI is InChI=1S/C13H18O3/c14-12-5-2-6-13(9-12)16-8-7-15-10-11-3-1-4-11/h2,5-6,9,11,14H,1,3-4,7-8,10H2. The van der Waals surface area contributed by atoms with E-state index in [4.69, 9.17) is 9.47 Å². The van der Waals surface area contributed by atoms with Crippen LogP contribution < -0.4 is 4.74 Å². The number of aromatic hydroxyl groups is 1. The van der Waals surface area contributed by atoms with E-state index < -0.39 is 0 Å². The van der Waals surface area contributed by atoms with Gasteiger partial charge in [0.15, 0.2) is 0 Å². The Morgan fingerprint density at radius 1 is 1.25 bits per heavy atom. The summed E-state index contributed by atoms with van der Waals surface area (Å²) in [5.74, 6) is 1.70. The summed E-state index contributed by atoms with van der Waals surface area (Å²) in [7, 11) is 0. The number of benzene rings is 1. The van der Waals surface area contributed by atoms with Gasteiger partial charge in [0, 0.05) is 12.7 Å². The van der Waals surface area contributed by atoms with E-state index in [0.29, 0.717) is 19.0 Å². The Bertz CT molecular complexity index is 321. The molecule has 1 aromatic carbocycles. The first-order valence-corrected chi connectivity index (χ1v) is 5.84. The van der Waals surface area contributed by atoms with Crippen molar-refractivity contribution in [1.29, 1.82) is 0 Å². The van der Waals surface area contributed by atoms with Crippen LogP contribution in [0.2, 0.25) is 0 Å². The summed E-state index contributed by atoms with van der Waals surface area (Å²) in [5, 5.41) is 9.22. The molecule has 0 saturated heterocycles. The molecule has 88 valence electrons. The maximum Gasteiger partial charge on any atom is 0.123 e. The molecule has 0 radical (unpaired) electrons. The average molecular weight is 222 g/mol. The van der Waals surface area contributed by atoms with Crippen molar-refractivity contribution in [3.8, 4) is 11.5 Å². The monoisotopic (exact) mass is 222 g/mol. The average Bonchev–Trinajstić information content (AvgIpc) is 2.20. The maximum absolute atomic E-state index is 9.22. The molecule has 0 atom stereocenters. The Morgan fingerprint density at radius 3 is 2.81 bits per heavy atom.